The molecule has 0 saturated heterocycles. The Morgan fingerprint density at radius 3 is 2.61 bits per heavy atom. The van der Waals surface area contributed by atoms with E-state index in [1.54, 1.807) is 18.4 Å². The zero-order valence-corrected chi connectivity index (χ0v) is 18.3. The quantitative estimate of drug-likeness (QED) is 0.388. The molecule has 4 rings (SSSR count). The maximum Gasteiger partial charge on any atom is 0.323 e. The summed E-state index contributed by atoms with van der Waals surface area (Å²) in [4.78, 5) is 23.1. The molecule has 158 valence electrons. The number of amides is 2. The van der Waals surface area contributed by atoms with E-state index >= 15 is 0 Å². The van der Waals surface area contributed by atoms with E-state index in [2.05, 4.69) is 27.5 Å². The summed E-state index contributed by atoms with van der Waals surface area (Å²) in [6.45, 7) is 4.08. The lowest BCUT2D eigenvalue weighted by Gasteiger charge is -2.12. The fraction of sp³-hybridized carbons (Fsp3) is 0.174. The van der Waals surface area contributed by atoms with E-state index in [0.29, 0.717) is 22.9 Å². The van der Waals surface area contributed by atoms with Crippen molar-refractivity contribution in [3.05, 3.63) is 59.2 Å². The number of rotatable bonds is 5. The number of methoxy groups -OCH3 is 1. The van der Waals surface area contributed by atoms with Crippen LogP contribution in [0.4, 0.5) is 22.0 Å². The summed E-state index contributed by atoms with van der Waals surface area (Å²) in [7, 11) is 1.58. The first-order chi connectivity index (χ1) is 15.0. The van der Waals surface area contributed by atoms with Gasteiger partial charge in [-0.05, 0) is 48.7 Å². The van der Waals surface area contributed by atoms with E-state index in [1.165, 1.54) is 11.2 Å². The van der Waals surface area contributed by atoms with E-state index in [9.17, 15) is 4.79 Å². The number of hydrogen-bond donors (Lipinski definition) is 3. The number of fused-ring (bicyclic) bond motifs is 1. The molecule has 0 bridgehead atoms. The van der Waals surface area contributed by atoms with Crippen LogP contribution in [0.1, 0.15) is 17.4 Å². The van der Waals surface area contributed by atoms with Crippen LogP contribution < -0.4 is 21.1 Å². The van der Waals surface area contributed by atoms with Gasteiger partial charge < -0.3 is 21.1 Å². The number of nitrogens with one attached hydrogen (secondary N) is 2. The maximum atomic E-state index is 12.5. The lowest BCUT2D eigenvalue weighted by molar-refractivity contribution is 0.262. The molecule has 7 nitrogen and oxygen atoms in total. The molecule has 0 saturated carbocycles. The van der Waals surface area contributed by atoms with E-state index in [4.69, 9.17) is 10.5 Å². The summed E-state index contributed by atoms with van der Waals surface area (Å²) in [5.41, 5.74) is 10.5. The molecule has 0 unspecified atom stereocenters. The predicted molar refractivity (Wildman–Crippen MR) is 127 cm³/mol. The van der Waals surface area contributed by atoms with Crippen LogP contribution in [-0.2, 0) is 6.42 Å². The van der Waals surface area contributed by atoms with Crippen LogP contribution in [0.15, 0.2) is 48.8 Å². The Kier molecular flexibility index (Phi) is 5.73. The number of benzene rings is 2. The summed E-state index contributed by atoms with van der Waals surface area (Å²) in [5.74, 6) is 1.09. The molecule has 0 fully saturated rings. The molecule has 4 aromatic rings. The molecular weight excluding hydrogens is 410 g/mol. The number of aryl methyl sites for hydroxylation is 2. The third-order valence-electron chi connectivity index (χ3n) is 4.95. The molecule has 0 spiro atoms. The minimum Gasteiger partial charge on any atom is -0.495 e. The third kappa shape index (κ3) is 4.15. The number of nitrogen functional groups attached to an aromatic ring is 1. The Bertz CT molecular complexity index is 1250. The van der Waals surface area contributed by atoms with Gasteiger partial charge in [-0.1, -0.05) is 25.1 Å². The highest BCUT2D eigenvalue weighted by Crippen LogP contribution is 2.40. The van der Waals surface area contributed by atoms with Crippen LogP contribution in [0.25, 0.3) is 21.3 Å². The number of anilines is 3. The summed E-state index contributed by atoms with van der Waals surface area (Å²) in [6, 6.07) is 12.9. The minimum atomic E-state index is -0.345. The summed E-state index contributed by atoms with van der Waals surface area (Å²) >= 11 is 1.63. The second-order valence-electron chi connectivity index (χ2n) is 7.05. The molecule has 0 aliphatic carbocycles. The number of carbonyl (C=O) groups excluding carboxylic acids is 1. The number of carbonyl (C=O) groups is 1. The van der Waals surface area contributed by atoms with Crippen molar-refractivity contribution in [2.24, 2.45) is 0 Å². The van der Waals surface area contributed by atoms with Gasteiger partial charge in [0.2, 0.25) is 0 Å². The largest absolute Gasteiger partial charge is 0.495 e. The summed E-state index contributed by atoms with van der Waals surface area (Å²) < 4.78 is 5.34. The Hall–Kier alpha value is -3.65. The average Bonchev–Trinajstić information content (AvgIpc) is 3.15. The molecule has 0 radical (unpaired) electrons. The average molecular weight is 434 g/mol. The van der Waals surface area contributed by atoms with Crippen molar-refractivity contribution in [3.63, 3.8) is 0 Å². The highest BCUT2D eigenvalue weighted by molar-refractivity contribution is 7.19. The van der Waals surface area contributed by atoms with Crippen LogP contribution in [0, 0.1) is 6.92 Å². The van der Waals surface area contributed by atoms with Crippen molar-refractivity contribution in [2.75, 3.05) is 23.5 Å². The third-order valence-corrected chi connectivity index (χ3v) is 6.19. The first-order valence-corrected chi connectivity index (χ1v) is 10.7. The van der Waals surface area contributed by atoms with Gasteiger partial charge in [-0.2, -0.15) is 0 Å². The molecule has 0 aliphatic rings. The highest BCUT2D eigenvalue weighted by Gasteiger charge is 2.17. The van der Waals surface area contributed by atoms with E-state index in [-0.39, 0.29) is 6.03 Å². The highest BCUT2D eigenvalue weighted by atomic mass is 32.1. The molecule has 0 atom stereocenters. The van der Waals surface area contributed by atoms with Crippen molar-refractivity contribution in [2.45, 2.75) is 20.3 Å². The second-order valence-corrected chi connectivity index (χ2v) is 8.14. The van der Waals surface area contributed by atoms with Gasteiger partial charge in [0.15, 0.2) is 0 Å². The van der Waals surface area contributed by atoms with Gasteiger partial charge in [0.05, 0.1) is 18.2 Å². The zero-order chi connectivity index (χ0) is 22.0. The fourth-order valence-corrected chi connectivity index (χ4v) is 4.57. The van der Waals surface area contributed by atoms with Gasteiger partial charge in [0.25, 0.3) is 0 Å². The zero-order valence-electron chi connectivity index (χ0n) is 17.5. The van der Waals surface area contributed by atoms with Crippen molar-refractivity contribution in [3.8, 4) is 16.9 Å². The molecule has 8 heteroatoms. The number of urea groups is 1. The number of nitrogens with zero attached hydrogens (tertiary/aromatic N) is 2. The van der Waals surface area contributed by atoms with Crippen LogP contribution in [0.2, 0.25) is 0 Å². The van der Waals surface area contributed by atoms with Crippen molar-refractivity contribution in [1.82, 2.24) is 9.97 Å². The number of aromatic nitrogens is 2. The lowest BCUT2D eigenvalue weighted by atomic mass is 10.0. The van der Waals surface area contributed by atoms with Gasteiger partial charge in [-0.25, -0.2) is 14.8 Å². The summed E-state index contributed by atoms with van der Waals surface area (Å²) in [6.07, 6.45) is 2.36. The Labute approximate surface area is 184 Å². The van der Waals surface area contributed by atoms with Crippen LogP contribution in [0.5, 0.6) is 5.75 Å². The monoisotopic (exact) mass is 433 g/mol. The van der Waals surface area contributed by atoms with Crippen molar-refractivity contribution < 1.29 is 9.53 Å². The molecule has 31 heavy (non-hydrogen) atoms. The summed E-state index contributed by atoms with van der Waals surface area (Å²) in [5, 5.41) is 6.56. The molecule has 2 amide bonds. The van der Waals surface area contributed by atoms with Crippen molar-refractivity contribution >= 4 is 44.8 Å². The Morgan fingerprint density at radius 2 is 1.90 bits per heavy atom. The number of nitrogens with two attached hydrogens (primary N) is 1. The first-order valence-electron chi connectivity index (χ1n) is 9.85. The minimum absolute atomic E-state index is 0.345. The van der Waals surface area contributed by atoms with Gasteiger partial charge >= 0.3 is 6.03 Å². The smallest absolute Gasteiger partial charge is 0.323 e. The number of ether oxygens (including phenoxy) is 1. The molecule has 4 N–H and O–H groups in total. The van der Waals surface area contributed by atoms with E-state index in [0.717, 1.165) is 33.3 Å². The van der Waals surface area contributed by atoms with Crippen LogP contribution in [-0.4, -0.2) is 23.1 Å². The Balaban J connectivity index is 1.56. The van der Waals surface area contributed by atoms with E-state index < -0.39 is 0 Å². The molecule has 2 heterocycles. The number of hydrogen-bond acceptors (Lipinski definition) is 6. The molecule has 0 aliphatic heterocycles. The molecule has 2 aromatic carbocycles. The second kappa shape index (κ2) is 8.61. The predicted octanol–water partition coefficient (Wildman–Crippen LogP) is 5.46. The Morgan fingerprint density at radius 1 is 1.13 bits per heavy atom. The standard InChI is InChI=1S/C23H23N5O2S/c1-4-18-19(20-21(24)25-12-26-22(20)31-18)14-6-8-15(9-7-14)27-23(29)28-16-10-5-13(2)11-17(16)30-3/h5-12H,4H2,1-3H3,(H2,24,25,26)(H2,27,28,29). The topological polar surface area (TPSA) is 102 Å². The maximum absolute atomic E-state index is 12.5. The molecular formula is C23H23N5O2S. The van der Waals surface area contributed by atoms with Crippen LogP contribution in [0.3, 0.4) is 0 Å². The SMILES string of the molecule is CCc1sc2ncnc(N)c2c1-c1ccc(NC(=O)Nc2ccc(C)cc2OC)cc1. The first kappa shape index (κ1) is 20.6. The lowest BCUT2D eigenvalue weighted by Crippen LogP contribution is -2.19. The van der Waals surface area contributed by atoms with Crippen molar-refractivity contribution in [1.29, 1.82) is 0 Å². The van der Waals surface area contributed by atoms with Gasteiger partial charge in [0, 0.05) is 16.1 Å². The van der Waals surface area contributed by atoms with Gasteiger partial charge in [-0.15, -0.1) is 11.3 Å². The van der Waals surface area contributed by atoms with Gasteiger partial charge in [0.1, 0.15) is 22.7 Å². The van der Waals surface area contributed by atoms with Crippen LogP contribution >= 0.6 is 11.3 Å². The van der Waals surface area contributed by atoms with E-state index in [1.807, 2.05) is 49.4 Å². The normalized spacial score (nSPS) is 10.8. The van der Waals surface area contributed by atoms with Gasteiger partial charge in [-0.3, -0.25) is 0 Å². The fourth-order valence-electron chi connectivity index (χ4n) is 3.46. The number of thiophene rings is 1. The molecule has 2 aromatic heterocycles.